The molecule has 3 aromatic rings. The lowest BCUT2D eigenvalue weighted by atomic mass is 10.3. The first-order valence-electron chi connectivity index (χ1n) is 4.43. The number of hydrogen-bond acceptors (Lipinski definition) is 2. The molecule has 0 atom stereocenters. The van der Waals surface area contributed by atoms with Gasteiger partial charge in [-0.05, 0) is 12.1 Å². The van der Waals surface area contributed by atoms with Crippen molar-refractivity contribution in [2.24, 2.45) is 0 Å². The van der Waals surface area contributed by atoms with Gasteiger partial charge in [-0.1, -0.05) is 27.5 Å². The van der Waals surface area contributed by atoms with Crippen molar-refractivity contribution in [3.63, 3.8) is 0 Å². The number of aromatic nitrogens is 3. The lowest BCUT2D eigenvalue weighted by molar-refractivity contribution is 0.635. The molecule has 0 N–H and O–H groups in total. The third-order valence-corrected chi connectivity index (χ3v) is 3.06. The van der Waals surface area contributed by atoms with E-state index in [0.717, 1.165) is 0 Å². The zero-order chi connectivity index (χ0) is 11.3. The second-order valence-electron chi connectivity index (χ2n) is 3.31. The molecule has 0 unspecified atom stereocenters. The van der Waals surface area contributed by atoms with E-state index in [-0.39, 0.29) is 10.7 Å². The second kappa shape index (κ2) is 3.40. The Morgan fingerprint density at radius 1 is 1.31 bits per heavy atom. The molecule has 1 aromatic carbocycles. The molecule has 0 aliphatic heterocycles. The zero-order valence-electron chi connectivity index (χ0n) is 7.78. The average Bonchev–Trinajstić information content (AvgIpc) is 2.69. The van der Waals surface area contributed by atoms with E-state index in [1.165, 1.54) is 6.07 Å². The van der Waals surface area contributed by atoms with Gasteiger partial charge in [-0.3, -0.25) is 4.40 Å². The number of hydrogen-bond donors (Lipinski definition) is 0. The summed E-state index contributed by atoms with van der Waals surface area (Å²) in [5, 5.41) is 0.242. The third-order valence-electron chi connectivity index (χ3n) is 2.33. The summed E-state index contributed by atoms with van der Waals surface area (Å²) >= 11 is 9.18. The molecule has 0 aliphatic carbocycles. The van der Waals surface area contributed by atoms with Gasteiger partial charge in [0.05, 0.1) is 18.0 Å². The smallest absolute Gasteiger partial charge is 0.155 e. The molecule has 16 heavy (non-hydrogen) atoms. The molecule has 80 valence electrons. The fourth-order valence-electron chi connectivity index (χ4n) is 1.64. The molecule has 0 spiro atoms. The van der Waals surface area contributed by atoms with Gasteiger partial charge in [0, 0.05) is 4.47 Å². The number of rotatable bonds is 0. The fourth-order valence-corrected chi connectivity index (χ4v) is 2.28. The Morgan fingerprint density at radius 2 is 2.12 bits per heavy atom. The molecule has 0 radical (unpaired) electrons. The van der Waals surface area contributed by atoms with Crippen molar-refractivity contribution in [2.45, 2.75) is 0 Å². The molecule has 3 nitrogen and oxygen atoms in total. The van der Waals surface area contributed by atoms with Crippen molar-refractivity contribution >= 4 is 44.1 Å². The SMILES string of the molecule is Fc1cc(Br)cc2c1nc(Cl)c1cncn12. The lowest BCUT2D eigenvalue weighted by Crippen LogP contribution is -1.94. The summed E-state index contributed by atoms with van der Waals surface area (Å²) in [4.78, 5) is 8.00. The van der Waals surface area contributed by atoms with Crippen LogP contribution < -0.4 is 0 Å². The van der Waals surface area contributed by atoms with Crippen molar-refractivity contribution in [3.8, 4) is 0 Å². The highest BCUT2D eigenvalue weighted by Crippen LogP contribution is 2.26. The van der Waals surface area contributed by atoms with Crippen LogP contribution >= 0.6 is 27.5 Å². The van der Waals surface area contributed by atoms with E-state index in [1.54, 1.807) is 23.0 Å². The Morgan fingerprint density at radius 3 is 2.94 bits per heavy atom. The molecule has 0 saturated carbocycles. The van der Waals surface area contributed by atoms with Crippen LogP contribution in [0.2, 0.25) is 5.15 Å². The van der Waals surface area contributed by atoms with E-state index < -0.39 is 5.82 Å². The first-order chi connectivity index (χ1) is 7.66. The van der Waals surface area contributed by atoms with Crippen molar-refractivity contribution in [2.75, 3.05) is 0 Å². The van der Waals surface area contributed by atoms with Gasteiger partial charge in [-0.2, -0.15) is 0 Å². The Labute approximate surface area is 103 Å². The highest BCUT2D eigenvalue weighted by Gasteiger charge is 2.11. The maximum Gasteiger partial charge on any atom is 0.155 e. The summed E-state index contributed by atoms with van der Waals surface area (Å²) < 4.78 is 16.0. The molecular formula is C10H4BrClFN3. The van der Waals surface area contributed by atoms with E-state index in [0.29, 0.717) is 15.5 Å². The maximum atomic E-state index is 13.7. The van der Waals surface area contributed by atoms with E-state index in [1.807, 2.05) is 0 Å². The van der Waals surface area contributed by atoms with Gasteiger partial charge in [0.2, 0.25) is 0 Å². The van der Waals surface area contributed by atoms with Gasteiger partial charge in [0.25, 0.3) is 0 Å². The van der Waals surface area contributed by atoms with Crippen LogP contribution in [0, 0.1) is 5.82 Å². The van der Waals surface area contributed by atoms with Crippen molar-refractivity contribution < 1.29 is 4.39 Å². The molecule has 6 heteroatoms. The molecule has 3 rings (SSSR count). The number of fused-ring (bicyclic) bond motifs is 3. The summed E-state index contributed by atoms with van der Waals surface area (Å²) in [6.45, 7) is 0. The van der Waals surface area contributed by atoms with Gasteiger partial charge in [0.15, 0.2) is 11.0 Å². The first-order valence-corrected chi connectivity index (χ1v) is 5.60. The lowest BCUT2D eigenvalue weighted by Gasteiger charge is -2.04. The minimum absolute atomic E-state index is 0.235. The summed E-state index contributed by atoms with van der Waals surface area (Å²) in [6, 6.07) is 3.13. The van der Waals surface area contributed by atoms with E-state index in [2.05, 4.69) is 25.9 Å². The number of benzene rings is 1. The minimum Gasteiger partial charge on any atom is -0.294 e. The molecule has 0 bridgehead atoms. The molecule has 0 amide bonds. The van der Waals surface area contributed by atoms with Gasteiger partial charge < -0.3 is 0 Å². The van der Waals surface area contributed by atoms with Crippen LogP contribution in [0.1, 0.15) is 0 Å². The Hall–Kier alpha value is -1.20. The minimum atomic E-state index is -0.415. The number of imidazole rings is 1. The van der Waals surface area contributed by atoms with Crippen LogP contribution in [0.4, 0.5) is 4.39 Å². The Kier molecular flexibility index (Phi) is 2.12. The number of halogens is 3. The summed E-state index contributed by atoms with van der Waals surface area (Å²) in [7, 11) is 0. The summed E-state index contributed by atoms with van der Waals surface area (Å²) in [6.07, 6.45) is 3.17. The molecule has 2 heterocycles. The van der Waals surface area contributed by atoms with Gasteiger partial charge >= 0.3 is 0 Å². The maximum absolute atomic E-state index is 13.7. The fraction of sp³-hybridized carbons (Fsp3) is 0. The molecular weight excluding hydrogens is 296 g/mol. The van der Waals surface area contributed by atoms with Crippen LogP contribution in [-0.4, -0.2) is 14.4 Å². The predicted octanol–water partition coefficient (Wildman–Crippen LogP) is 3.44. The monoisotopic (exact) mass is 299 g/mol. The van der Waals surface area contributed by atoms with Crippen LogP contribution in [-0.2, 0) is 0 Å². The van der Waals surface area contributed by atoms with E-state index in [4.69, 9.17) is 11.6 Å². The normalized spacial score (nSPS) is 11.4. The van der Waals surface area contributed by atoms with Crippen molar-refractivity contribution in [1.82, 2.24) is 14.4 Å². The van der Waals surface area contributed by atoms with E-state index in [9.17, 15) is 4.39 Å². The Bertz CT molecular complexity index is 710. The number of nitrogens with zero attached hydrogens (tertiary/aromatic N) is 3. The molecule has 0 aliphatic rings. The topological polar surface area (TPSA) is 30.2 Å². The van der Waals surface area contributed by atoms with Gasteiger partial charge in [-0.25, -0.2) is 14.4 Å². The van der Waals surface area contributed by atoms with Gasteiger partial charge in [-0.15, -0.1) is 0 Å². The predicted molar refractivity (Wildman–Crippen MR) is 63.2 cm³/mol. The van der Waals surface area contributed by atoms with Crippen molar-refractivity contribution in [3.05, 3.63) is 40.1 Å². The van der Waals surface area contributed by atoms with Crippen LogP contribution in [0.3, 0.4) is 0 Å². The zero-order valence-corrected chi connectivity index (χ0v) is 10.1. The van der Waals surface area contributed by atoms with Crippen LogP contribution in [0.25, 0.3) is 16.6 Å². The first kappa shape index (κ1) is 9.99. The Balaban J connectivity index is 2.64. The summed E-state index contributed by atoms with van der Waals surface area (Å²) in [5.74, 6) is -0.415. The summed E-state index contributed by atoms with van der Waals surface area (Å²) in [5.41, 5.74) is 1.52. The molecule has 0 fully saturated rings. The van der Waals surface area contributed by atoms with Crippen LogP contribution in [0.5, 0.6) is 0 Å². The van der Waals surface area contributed by atoms with Crippen molar-refractivity contribution in [1.29, 1.82) is 0 Å². The largest absolute Gasteiger partial charge is 0.294 e. The second-order valence-corrected chi connectivity index (χ2v) is 4.58. The quantitative estimate of drug-likeness (QED) is 0.636. The average molecular weight is 301 g/mol. The standard InChI is InChI=1S/C10H4BrClFN3/c11-5-1-6(13)9-7(2-5)16-4-14-3-8(16)10(12)15-9/h1-4H. The van der Waals surface area contributed by atoms with Gasteiger partial charge in [0.1, 0.15) is 11.0 Å². The van der Waals surface area contributed by atoms with E-state index >= 15 is 0 Å². The highest BCUT2D eigenvalue weighted by molar-refractivity contribution is 9.10. The third kappa shape index (κ3) is 1.32. The highest BCUT2D eigenvalue weighted by atomic mass is 79.9. The molecule has 0 saturated heterocycles. The van der Waals surface area contributed by atoms with Crippen LogP contribution in [0.15, 0.2) is 29.1 Å². The molecule has 2 aromatic heterocycles.